The molecule has 1 aliphatic heterocycles. The third-order valence-electron chi connectivity index (χ3n) is 5.68. The van der Waals surface area contributed by atoms with Gasteiger partial charge in [0.05, 0.1) is 11.6 Å². The lowest BCUT2D eigenvalue weighted by Gasteiger charge is -2.43. The molecule has 2 aromatic carbocycles. The highest BCUT2D eigenvalue weighted by Crippen LogP contribution is 2.42. The molecule has 0 bridgehead atoms. The van der Waals surface area contributed by atoms with Crippen LogP contribution in [-0.4, -0.2) is 22.8 Å². The number of para-hydroxylation sites is 2. The number of amides is 2. The predicted molar refractivity (Wildman–Crippen MR) is 124 cm³/mol. The Morgan fingerprint density at radius 2 is 1.71 bits per heavy atom. The normalized spacial score (nSPS) is 17.7. The lowest BCUT2D eigenvalue weighted by molar-refractivity contribution is -0.117. The van der Waals surface area contributed by atoms with Gasteiger partial charge >= 0.3 is 0 Å². The average molecular weight is 434 g/mol. The van der Waals surface area contributed by atoms with Crippen molar-refractivity contribution in [3.8, 4) is 0 Å². The zero-order chi connectivity index (χ0) is 22.1. The fourth-order valence-corrected chi connectivity index (χ4v) is 4.60. The smallest absolute Gasteiger partial charge is 0.261 e. The van der Waals surface area contributed by atoms with Crippen molar-refractivity contribution in [3.63, 3.8) is 0 Å². The molecule has 0 aliphatic carbocycles. The number of aryl methyl sites for hydroxylation is 1. The van der Waals surface area contributed by atoms with E-state index >= 15 is 0 Å². The second kappa shape index (κ2) is 8.52. The zero-order valence-electron chi connectivity index (χ0n) is 17.7. The number of hydrogen-bond donors (Lipinski definition) is 0. The molecule has 2 heterocycles. The maximum atomic E-state index is 13.5. The lowest BCUT2D eigenvalue weighted by atomic mass is 9.89. The van der Waals surface area contributed by atoms with Gasteiger partial charge in [-0.1, -0.05) is 48.0 Å². The van der Waals surface area contributed by atoms with E-state index in [0.717, 1.165) is 22.6 Å². The van der Waals surface area contributed by atoms with Crippen LogP contribution in [0.2, 0.25) is 5.15 Å². The summed E-state index contributed by atoms with van der Waals surface area (Å²) >= 11 is 6.31. The maximum Gasteiger partial charge on any atom is 0.261 e. The fourth-order valence-electron chi connectivity index (χ4n) is 4.32. The van der Waals surface area contributed by atoms with Gasteiger partial charge in [0.1, 0.15) is 5.15 Å². The van der Waals surface area contributed by atoms with E-state index in [-0.39, 0.29) is 29.1 Å². The molecule has 2 amide bonds. The van der Waals surface area contributed by atoms with Gasteiger partial charge in [0.2, 0.25) is 5.91 Å². The van der Waals surface area contributed by atoms with Gasteiger partial charge < -0.3 is 9.80 Å². The van der Waals surface area contributed by atoms with Crippen molar-refractivity contribution in [3.05, 3.63) is 88.7 Å². The summed E-state index contributed by atoms with van der Waals surface area (Å²) in [5.41, 5.74) is 3.69. The number of halogens is 1. The molecule has 1 aromatic heterocycles. The van der Waals surface area contributed by atoms with Crippen LogP contribution >= 0.6 is 11.6 Å². The Morgan fingerprint density at radius 1 is 1.03 bits per heavy atom. The fraction of sp³-hybridized carbons (Fsp3) is 0.240. The van der Waals surface area contributed by atoms with Gasteiger partial charge in [0.15, 0.2) is 0 Å². The number of carbonyl (C=O) groups is 2. The maximum absolute atomic E-state index is 13.5. The number of anilines is 2. The minimum atomic E-state index is -0.190. The lowest BCUT2D eigenvalue weighted by Crippen LogP contribution is -2.47. The summed E-state index contributed by atoms with van der Waals surface area (Å²) in [5.74, 6) is -0.228. The Bertz CT molecular complexity index is 1130. The molecule has 6 heteroatoms. The van der Waals surface area contributed by atoms with E-state index in [1.54, 1.807) is 24.0 Å². The summed E-state index contributed by atoms with van der Waals surface area (Å²) in [6.45, 7) is 5.42. The van der Waals surface area contributed by atoms with Gasteiger partial charge in [-0.2, -0.15) is 0 Å². The van der Waals surface area contributed by atoms with Crippen LogP contribution in [0, 0.1) is 6.92 Å². The van der Waals surface area contributed by atoms with Crippen molar-refractivity contribution < 1.29 is 9.59 Å². The van der Waals surface area contributed by atoms with Crippen LogP contribution in [0.5, 0.6) is 0 Å². The van der Waals surface area contributed by atoms with Gasteiger partial charge in [0, 0.05) is 30.0 Å². The van der Waals surface area contributed by atoms with Crippen LogP contribution < -0.4 is 9.80 Å². The highest BCUT2D eigenvalue weighted by atomic mass is 35.5. The Morgan fingerprint density at radius 3 is 2.39 bits per heavy atom. The van der Waals surface area contributed by atoms with E-state index in [2.05, 4.69) is 4.98 Å². The summed E-state index contributed by atoms with van der Waals surface area (Å²) in [7, 11) is 0. The predicted octanol–water partition coefficient (Wildman–Crippen LogP) is 5.58. The molecule has 0 spiro atoms. The van der Waals surface area contributed by atoms with E-state index in [4.69, 9.17) is 11.6 Å². The number of aromatic nitrogens is 1. The van der Waals surface area contributed by atoms with Crippen LogP contribution in [0.4, 0.5) is 11.4 Å². The first-order valence-electron chi connectivity index (χ1n) is 10.3. The van der Waals surface area contributed by atoms with Crippen molar-refractivity contribution in [2.24, 2.45) is 0 Å². The van der Waals surface area contributed by atoms with E-state index in [1.807, 2.05) is 73.3 Å². The molecule has 3 aromatic rings. The minimum absolute atomic E-state index is 0.0382. The van der Waals surface area contributed by atoms with Crippen LogP contribution in [0.25, 0.3) is 0 Å². The van der Waals surface area contributed by atoms with Gasteiger partial charge in [0.25, 0.3) is 5.91 Å². The molecular weight excluding hydrogens is 410 g/mol. The number of hydrogen-bond acceptors (Lipinski definition) is 3. The zero-order valence-corrected chi connectivity index (χ0v) is 18.5. The summed E-state index contributed by atoms with van der Waals surface area (Å²) in [4.78, 5) is 34.0. The molecule has 158 valence electrons. The number of fused-ring (bicyclic) bond motifs is 1. The van der Waals surface area contributed by atoms with Gasteiger partial charge in [-0.25, -0.2) is 4.98 Å². The van der Waals surface area contributed by atoms with Crippen molar-refractivity contribution in [2.45, 2.75) is 39.3 Å². The molecule has 0 unspecified atom stereocenters. The highest BCUT2D eigenvalue weighted by Gasteiger charge is 2.38. The first-order valence-corrected chi connectivity index (χ1v) is 10.7. The molecule has 31 heavy (non-hydrogen) atoms. The Labute approximate surface area is 187 Å². The number of nitrogens with zero attached hydrogens (tertiary/aromatic N) is 3. The molecule has 0 radical (unpaired) electrons. The monoisotopic (exact) mass is 433 g/mol. The number of pyridine rings is 1. The summed E-state index contributed by atoms with van der Waals surface area (Å²) in [6, 6.07) is 20.6. The van der Waals surface area contributed by atoms with Gasteiger partial charge in [-0.05, 0) is 56.2 Å². The second-order valence-corrected chi connectivity index (χ2v) is 8.21. The van der Waals surface area contributed by atoms with Crippen molar-refractivity contribution in [1.82, 2.24) is 4.98 Å². The quantitative estimate of drug-likeness (QED) is 0.507. The third kappa shape index (κ3) is 3.93. The van der Waals surface area contributed by atoms with E-state index in [0.29, 0.717) is 12.0 Å². The summed E-state index contributed by atoms with van der Waals surface area (Å²) in [5, 5.41) is 0.200. The Balaban J connectivity index is 1.79. The molecule has 0 N–H and O–H groups in total. The number of carbonyl (C=O) groups excluding carboxylic acids is 2. The molecule has 0 saturated carbocycles. The topological polar surface area (TPSA) is 53.5 Å². The Kier molecular flexibility index (Phi) is 5.79. The van der Waals surface area contributed by atoms with E-state index in [9.17, 15) is 9.59 Å². The molecule has 0 fully saturated rings. The van der Waals surface area contributed by atoms with Crippen LogP contribution in [0.1, 0.15) is 47.9 Å². The first kappa shape index (κ1) is 21.1. The second-order valence-electron chi connectivity index (χ2n) is 7.85. The number of benzene rings is 2. The molecule has 1 aliphatic rings. The largest absolute Gasteiger partial charge is 0.305 e. The van der Waals surface area contributed by atoms with Gasteiger partial charge in [-0.15, -0.1) is 0 Å². The van der Waals surface area contributed by atoms with Crippen molar-refractivity contribution in [1.29, 1.82) is 0 Å². The number of rotatable bonds is 3. The van der Waals surface area contributed by atoms with Crippen LogP contribution in [0.3, 0.4) is 0 Å². The molecule has 4 rings (SSSR count). The summed E-state index contributed by atoms with van der Waals surface area (Å²) < 4.78 is 0. The average Bonchev–Trinajstić information content (AvgIpc) is 2.74. The van der Waals surface area contributed by atoms with Gasteiger partial charge in [-0.3, -0.25) is 9.59 Å². The van der Waals surface area contributed by atoms with Crippen LogP contribution in [-0.2, 0) is 4.79 Å². The van der Waals surface area contributed by atoms with Crippen molar-refractivity contribution in [2.75, 3.05) is 9.80 Å². The molecule has 0 saturated heterocycles. The van der Waals surface area contributed by atoms with E-state index < -0.39 is 0 Å². The summed E-state index contributed by atoms with van der Waals surface area (Å²) in [6.07, 6.45) is 0.605. The standard InChI is InChI=1S/C25H24ClN3O2/c1-16-13-14-21(24(26)27-16)25(31)28-17(2)15-23(20-11-7-8-12-22(20)28)29(18(3)30)19-9-5-4-6-10-19/h4-14,17,23H,15H2,1-3H3/t17-,23+/m1/s1. The third-order valence-corrected chi connectivity index (χ3v) is 5.97. The first-order chi connectivity index (χ1) is 14.9. The SMILES string of the molecule is CC(=O)N(c1ccccc1)[C@H]1C[C@@H](C)N(C(=O)c2ccc(C)nc2Cl)c2ccccc21. The molecule has 2 atom stereocenters. The van der Waals surface area contributed by atoms with Crippen LogP contribution in [0.15, 0.2) is 66.7 Å². The highest BCUT2D eigenvalue weighted by molar-refractivity contribution is 6.33. The molecule has 5 nitrogen and oxygen atoms in total. The van der Waals surface area contributed by atoms with Crippen molar-refractivity contribution >= 4 is 34.8 Å². The minimum Gasteiger partial charge on any atom is -0.305 e. The Hall–Kier alpha value is -3.18. The molecular formula is C25H24ClN3O2. The van der Waals surface area contributed by atoms with E-state index in [1.165, 1.54) is 0 Å².